The van der Waals surface area contributed by atoms with Crippen LogP contribution in [0.4, 0.5) is 5.82 Å². The van der Waals surface area contributed by atoms with E-state index < -0.39 is 0 Å². The largest absolute Gasteiger partial charge is 0.363 e. The van der Waals surface area contributed by atoms with Crippen molar-refractivity contribution < 1.29 is 0 Å². The number of pyridine rings is 1. The van der Waals surface area contributed by atoms with E-state index in [0.717, 1.165) is 5.82 Å². The average Bonchev–Trinajstić information content (AvgIpc) is 2.74. The van der Waals surface area contributed by atoms with Gasteiger partial charge in [0.05, 0.1) is 11.1 Å². The van der Waals surface area contributed by atoms with Crippen molar-refractivity contribution in [2.24, 2.45) is 0 Å². The van der Waals surface area contributed by atoms with E-state index in [1.807, 2.05) is 18.2 Å². The van der Waals surface area contributed by atoms with Gasteiger partial charge in [0.1, 0.15) is 5.82 Å². The summed E-state index contributed by atoms with van der Waals surface area (Å²) in [4.78, 5) is 5.49. The third-order valence-electron chi connectivity index (χ3n) is 2.06. The van der Waals surface area contributed by atoms with Crippen LogP contribution in [-0.2, 0) is 0 Å². The number of thiophene rings is 1. The zero-order chi connectivity index (χ0) is 10.7. The summed E-state index contributed by atoms with van der Waals surface area (Å²) >= 11 is 7.50. The topological polar surface area (TPSA) is 24.9 Å². The molecule has 1 unspecified atom stereocenters. The van der Waals surface area contributed by atoms with Gasteiger partial charge < -0.3 is 5.32 Å². The van der Waals surface area contributed by atoms with Crippen molar-refractivity contribution in [1.29, 1.82) is 0 Å². The molecule has 15 heavy (non-hydrogen) atoms. The summed E-state index contributed by atoms with van der Waals surface area (Å²) in [6, 6.07) is 8.15. The maximum absolute atomic E-state index is 5.76. The van der Waals surface area contributed by atoms with E-state index in [4.69, 9.17) is 11.6 Å². The van der Waals surface area contributed by atoms with Crippen LogP contribution in [0.3, 0.4) is 0 Å². The summed E-state index contributed by atoms with van der Waals surface area (Å²) in [7, 11) is 0. The summed E-state index contributed by atoms with van der Waals surface area (Å²) in [5.74, 6) is 0.848. The Hall–Kier alpha value is -1.06. The second-order valence-electron chi connectivity index (χ2n) is 3.24. The standard InChI is InChI=1S/C11H11ClN2S/c1-8(10-3-2-6-15-10)14-11-5-4-9(12)7-13-11/h2-8H,1H3,(H,13,14). The predicted molar refractivity (Wildman–Crippen MR) is 65.6 cm³/mol. The van der Waals surface area contributed by atoms with Crippen LogP contribution >= 0.6 is 22.9 Å². The molecule has 0 aromatic carbocycles. The third kappa shape index (κ3) is 2.70. The van der Waals surface area contributed by atoms with Gasteiger partial charge in [0.25, 0.3) is 0 Å². The molecule has 0 aliphatic carbocycles. The van der Waals surface area contributed by atoms with E-state index in [9.17, 15) is 0 Å². The van der Waals surface area contributed by atoms with E-state index in [-0.39, 0.29) is 6.04 Å². The van der Waals surface area contributed by atoms with Gasteiger partial charge in [-0.05, 0) is 30.5 Å². The number of aromatic nitrogens is 1. The molecule has 0 aliphatic rings. The lowest BCUT2D eigenvalue weighted by Gasteiger charge is -2.12. The fourth-order valence-electron chi connectivity index (χ4n) is 1.29. The van der Waals surface area contributed by atoms with Crippen molar-refractivity contribution in [1.82, 2.24) is 4.98 Å². The molecule has 2 nitrogen and oxygen atoms in total. The first kappa shape index (κ1) is 10.5. The van der Waals surface area contributed by atoms with Crippen molar-refractivity contribution in [3.05, 3.63) is 45.7 Å². The van der Waals surface area contributed by atoms with Crippen molar-refractivity contribution in [2.45, 2.75) is 13.0 Å². The first-order chi connectivity index (χ1) is 7.25. The molecule has 0 bridgehead atoms. The Bertz CT molecular complexity index is 411. The molecular weight excluding hydrogens is 228 g/mol. The first-order valence-corrected chi connectivity index (χ1v) is 5.93. The normalized spacial score (nSPS) is 12.4. The molecule has 0 saturated heterocycles. The first-order valence-electron chi connectivity index (χ1n) is 4.67. The van der Waals surface area contributed by atoms with E-state index in [2.05, 4.69) is 28.7 Å². The van der Waals surface area contributed by atoms with Gasteiger partial charge in [0, 0.05) is 11.1 Å². The van der Waals surface area contributed by atoms with E-state index in [0.29, 0.717) is 5.02 Å². The molecule has 1 N–H and O–H groups in total. The molecule has 0 radical (unpaired) electrons. The number of nitrogens with one attached hydrogen (secondary N) is 1. The highest BCUT2D eigenvalue weighted by Gasteiger charge is 2.06. The Labute approximate surface area is 97.9 Å². The lowest BCUT2D eigenvalue weighted by Crippen LogP contribution is -2.05. The molecule has 2 heterocycles. The van der Waals surface area contributed by atoms with Crippen molar-refractivity contribution in [2.75, 3.05) is 5.32 Å². The molecule has 0 amide bonds. The zero-order valence-corrected chi connectivity index (χ0v) is 9.85. The summed E-state index contributed by atoms with van der Waals surface area (Å²) in [6.45, 7) is 2.11. The van der Waals surface area contributed by atoms with Gasteiger partial charge in [-0.15, -0.1) is 11.3 Å². The summed E-state index contributed by atoms with van der Waals surface area (Å²) in [5.41, 5.74) is 0. The highest BCUT2D eigenvalue weighted by molar-refractivity contribution is 7.10. The second-order valence-corrected chi connectivity index (χ2v) is 4.66. The second kappa shape index (κ2) is 4.64. The van der Waals surface area contributed by atoms with Crippen molar-refractivity contribution in [3.8, 4) is 0 Å². The molecule has 2 aromatic rings. The van der Waals surface area contributed by atoms with Crippen molar-refractivity contribution in [3.63, 3.8) is 0 Å². The van der Waals surface area contributed by atoms with Crippen LogP contribution in [0.25, 0.3) is 0 Å². The van der Waals surface area contributed by atoms with Gasteiger partial charge in [-0.25, -0.2) is 4.98 Å². The summed E-state index contributed by atoms with van der Waals surface area (Å²) in [6.07, 6.45) is 1.64. The van der Waals surface area contributed by atoms with Crippen LogP contribution in [-0.4, -0.2) is 4.98 Å². The number of rotatable bonds is 3. The maximum Gasteiger partial charge on any atom is 0.126 e. The Balaban J connectivity index is 2.06. The SMILES string of the molecule is CC(Nc1ccc(Cl)cn1)c1cccs1. The van der Waals surface area contributed by atoms with Gasteiger partial charge >= 0.3 is 0 Å². The van der Waals surface area contributed by atoms with Gasteiger partial charge in [-0.1, -0.05) is 17.7 Å². The fourth-order valence-corrected chi connectivity index (χ4v) is 2.14. The Morgan fingerprint density at radius 1 is 1.40 bits per heavy atom. The molecule has 2 rings (SSSR count). The van der Waals surface area contributed by atoms with Crippen LogP contribution in [0.1, 0.15) is 17.8 Å². The van der Waals surface area contributed by atoms with Gasteiger partial charge in [0.15, 0.2) is 0 Å². The Morgan fingerprint density at radius 2 is 2.27 bits per heavy atom. The molecule has 0 spiro atoms. The molecule has 0 aliphatic heterocycles. The van der Waals surface area contributed by atoms with Crippen LogP contribution in [0.5, 0.6) is 0 Å². The third-order valence-corrected chi connectivity index (χ3v) is 3.34. The van der Waals surface area contributed by atoms with Gasteiger partial charge in [-0.3, -0.25) is 0 Å². The maximum atomic E-state index is 5.76. The van der Waals surface area contributed by atoms with Gasteiger partial charge in [-0.2, -0.15) is 0 Å². The lowest BCUT2D eigenvalue weighted by atomic mass is 10.3. The molecule has 2 aromatic heterocycles. The Kier molecular flexibility index (Phi) is 3.23. The number of anilines is 1. The van der Waals surface area contributed by atoms with Crippen LogP contribution in [0, 0.1) is 0 Å². The van der Waals surface area contributed by atoms with Crippen molar-refractivity contribution >= 4 is 28.8 Å². The molecule has 78 valence electrons. The molecule has 0 fully saturated rings. The molecular formula is C11H11ClN2S. The smallest absolute Gasteiger partial charge is 0.126 e. The number of nitrogens with zero attached hydrogens (tertiary/aromatic N) is 1. The molecule has 1 atom stereocenters. The quantitative estimate of drug-likeness (QED) is 0.875. The minimum Gasteiger partial charge on any atom is -0.363 e. The Morgan fingerprint density at radius 3 is 2.87 bits per heavy atom. The average molecular weight is 239 g/mol. The molecule has 4 heteroatoms. The monoisotopic (exact) mass is 238 g/mol. The number of halogens is 1. The highest BCUT2D eigenvalue weighted by atomic mass is 35.5. The van der Waals surface area contributed by atoms with Gasteiger partial charge in [0.2, 0.25) is 0 Å². The number of hydrogen-bond donors (Lipinski definition) is 1. The van der Waals surface area contributed by atoms with Crippen LogP contribution in [0.2, 0.25) is 5.02 Å². The van der Waals surface area contributed by atoms with E-state index in [1.54, 1.807) is 17.5 Å². The summed E-state index contributed by atoms with van der Waals surface area (Å²) < 4.78 is 0. The minimum atomic E-state index is 0.277. The molecule has 0 saturated carbocycles. The highest BCUT2D eigenvalue weighted by Crippen LogP contribution is 2.22. The predicted octanol–water partition coefficient (Wildman–Crippen LogP) is 3.97. The van der Waals surface area contributed by atoms with Crippen LogP contribution < -0.4 is 5.32 Å². The minimum absolute atomic E-state index is 0.277. The summed E-state index contributed by atoms with van der Waals surface area (Å²) in [5, 5.41) is 6.04. The zero-order valence-electron chi connectivity index (χ0n) is 8.27. The van der Waals surface area contributed by atoms with Crippen LogP contribution in [0.15, 0.2) is 35.8 Å². The fraction of sp³-hybridized carbons (Fsp3) is 0.182. The number of hydrogen-bond acceptors (Lipinski definition) is 3. The van der Waals surface area contributed by atoms with E-state index >= 15 is 0 Å². The lowest BCUT2D eigenvalue weighted by molar-refractivity contribution is 0.896. The van der Waals surface area contributed by atoms with E-state index in [1.165, 1.54) is 4.88 Å².